The minimum absolute atomic E-state index is 0.103. The van der Waals surface area contributed by atoms with E-state index in [-0.39, 0.29) is 18.0 Å². The zero-order chi connectivity index (χ0) is 18.7. The van der Waals surface area contributed by atoms with Crippen molar-refractivity contribution in [1.82, 2.24) is 14.8 Å². The summed E-state index contributed by atoms with van der Waals surface area (Å²) in [7, 11) is 0. The van der Waals surface area contributed by atoms with Crippen molar-refractivity contribution in [2.24, 2.45) is 0 Å². The van der Waals surface area contributed by atoms with Crippen molar-refractivity contribution in [2.75, 3.05) is 5.32 Å². The van der Waals surface area contributed by atoms with Gasteiger partial charge in [0.15, 0.2) is 22.2 Å². The Bertz CT molecular complexity index is 995. The van der Waals surface area contributed by atoms with Gasteiger partial charge in [-0.25, -0.2) is 8.78 Å². The smallest absolute Gasteiger partial charge is 0.226 e. The van der Waals surface area contributed by atoms with Crippen molar-refractivity contribution >= 4 is 23.8 Å². The molecule has 0 spiro atoms. The number of carbonyl (C=O) groups is 1. The number of amides is 1. The van der Waals surface area contributed by atoms with E-state index in [1.807, 2.05) is 31.2 Å². The second-order valence-corrected chi connectivity index (χ2v) is 6.18. The van der Waals surface area contributed by atoms with Gasteiger partial charge in [-0.3, -0.25) is 14.5 Å². The van der Waals surface area contributed by atoms with Gasteiger partial charge in [-0.1, -0.05) is 29.8 Å². The summed E-state index contributed by atoms with van der Waals surface area (Å²) in [6.07, 6.45) is 0.103. The lowest BCUT2D eigenvalue weighted by Crippen LogP contribution is -2.15. The molecule has 0 radical (unpaired) electrons. The van der Waals surface area contributed by atoms with Crippen LogP contribution in [0, 0.1) is 23.3 Å². The van der Waals surface area contributed by atoms with Crippen LogP contribution in [0.1, 0.15) is 12.0 Å². The molecule has 0 bridgehead atoms. The second kappa shape index (κ2) is 7.57. The van der Waals surface area contributed by atoms with Gasteiger partial charge in [0.1, 0.15) is 0 Å². The third-order valence-electron chi connectivity index (χ3n) is 3.83. The number of anilines is 1. The van der Waals surface area contributed by atoms with Gasteiger partial charge in [0, 0.05) is 30.3 Å². The molecule has 0 saturated carbocycles. The monoisotopic (exact) mass is 374 g/mol. The first-order valence-electron chi connectivity index (χ1n) is 7.91. The SMILES string of the molecule is Cc1ccc(-c2n[nH]c(=S)n2CCC(=O)Nc2ccc(F)c(F)c2)cc1. The van der Waals surface area contributed by atoms with Crippen LogP contribution < -0.4 is 5.32 Å². The molecule has 0 saturated heterocycles. The molecule has 0 aliphatic carbocycles. The summed E-state index contributed by atoms with van der Waals surface area (Å²) in [4.78, 5) is 12.1. The van der Waals surface area contributed by atoms with Crippen molar-refractivity contribution in [1.29, 1.82) is 0 Å². The van der Waals surface area contributed by atoms with Gasteiger partial charge in [0.05, 0.1) is 0 Å². The summed E-state index contributed by atoms with van der Waals surface area (Å²) < 4.78 is 28.3. The van der Waals surface area contributed by atoms with Crippen LogP contribution in [-0.2, 0) is 11.3 Å². The molecule has 5 nitrogen and oxygen atoms in total. The molecule has 0 atom stereocenters. The Morgan fingerprint density at radius 3 is 2.62 bits per heavy atom. The number of H-pyrrole nitrogens is 1. The maximum Gasteiger partial charge on any atom is 0.226 e. The van der Waals surface area contributed by atoms with Crippen molar-refractivity contribution in [3.05, 3.63) is 64.4 Å². The molecular weight excluding hydrogens is 358 g/mol. The Morgan fingerprint density at radius 1 is 1.19 bits per heavy atom. The molecule has 26 heavy (non-hydrogen) atoms. The maximum absolute atomic E-state index is 13.2. The minimum atomic E-state index is -1.01. The van der Waals surface area contributed by atoms with Crippen LogP contribution in [0.4, 0.5) is 14.5 Å². The number of aromatic amines is 1. The van der Waals surface area contributed by atoms with E-state index >= 15 is 0 Å². The number of halogens is 2. The van der Waals surface area contributed by atoms with Crippen LogP contribution in [0.5, 0.6) is 0 Å². The van der Waals surface area contributed by atoms with Crippen LogP contribution >= 0.6 is 12.2 Å². The Balaban J connectivity index is 1.70. The third-order valence-corrected chi connectivity index (χ3v) is 4.15. The number of aromatic nitrogens is 3. The second-order valence-electron chi connectivity index (χ2n) is 5.80. The number of nitrogens with one attached hydrogen (secondary N) is 2. The number of rotatable bonds is 5. The molecule has 0 aliphatic heterocycles. The first kappa shape index (κ1) is 17.9. The van der Waals surface area contributed by atoms with Crippen LogP contribution in [0.25, 0.3) is 11.4 Å². The average Bonchev–Trinajstić information content (AvgIpc) is 2.98. The summed E-state index contributed by atoms with van der Waals surface area (Å²) >= 11 is 5.23. The van der Waals surface area contributed by atoms with Gasteiger partial charge < -0.3 is 5.32 Å². The summed E-state index contributed by atoms with van der Waals surface area (Å²) in [5.74, 6) is -1.68. The minimum Gasteiger partial charge on any atom is -0.326 e. The highest BCUT2D eigenvalue weighted by Crippen LogP contribution is 2.19. The highest BCUT2D eigenvalue weighted by atomic mass is 32.1. The summed E-state index contributed by atoms with van der Waals surface area (Å²) in [6.45, 7) is 2.29. The van der Waals surface area contributed by atoms with Crippen LogP contribution in [0.3, 0.4) is 0 Å². The van der Waals surface area contributed by atoms with E-state index in [4.69, 9.17) is 12.2 Å². The molecule has 0 fully saturated rings. The molecule has 0 aliphatic rings. The predicted octanol–water partition coefficient (Wildman–Crippen LogP) is 4.22. The normalized spacial score (nSPS) is 10.7. The van der Waals surface area contributed by atoms with Crippen molar-refractivity contribution < 1.29 is 13.6 Å². The summed E-state index contributed by atoms with van der Waals surface area (Å²) in [5, 5.41) is 9.49. The lowest BCUT2D eigenvalue weighted by atomic mass is 10.1. The molecule has 3 aromatic rings. The predicted molar refractivity (Wildman–Crippen MR) is 97.2 cm³/mol. The Labute approximate surface area is 153 Å². The zero-order valence-electron chi connectivity index (χ0n) is 13.9. The van der Waals surface area contributed by atoms with Crippen molar-refractivity contribution in [2.45, 2.75) is 19.9 Å². The zero-order valence-corrected chi connectivity index (χ0v) is 14.7. The molecule has 0 unspecified atom stereocenters. The quantitative estimate of drug-likeness (QED) is 0.657. The van der Waals surface area contributed by atoms with E-state index in [1.54, 1.807) is 4.57 Å². The van der Waals surface area contributed by atoms with Gasteiger partial charge in [-0.2, -0.15) is 5.10 Å². The van der Waals surface area contributed by atoms with E-state index in [0.29, 0.717) is 17.1 Å². The molecule has 134 valence electrons. The number of nitrogens with zero attached hydrogens (tertiary/aromatic N) is 2. The first-order valence-corrected chi connectivity index (χ1v) is 8.32. The Morgan fingerprint density at radius 2 is 1.92 bits per heavy atom. The number of aryl methyl sites for hydroxylation is 1. The number of benzene rings is 2. The first-order chi connectivity index (χ1) is 12.4. The highest BCUT2D eigenvalue weighted by Gasteiger charge is 2.11. The Hall–Kier alpha value is -2.87. The van der Waals surface area contributed by atoms with Gasteiger partial charge in [-0.05, 0) is 31.3 Å². The maximum atomic E-state index is 13.2. The lowest BCUT2D eigenvalue weighted by Gasteiger charge is -2.08. The van der Waals surface area contributed by atoms with E-state index in [2.05, 4.69) is 15.5 Å². The average molecular weight is 374 g/mol. The van der Waals surface area contributed by atoms with Gasteiger partial charge in [0.2, 0.25) is 5.91 Å². The number of hydrogen-bond donors (Lipinski definition) is 2. The van der Waals surface area contributed by atoms with E-state index in [9.17, 15) is 13.6 Å². The number of carbonyl (C=O) groups excluding carboxylic acids is 1. The molecule has 8 heteroatoms. The highest BCUT2D eigenvalue weighted by molar-refractivity contribution is 7.71. The molecule has 1 amide bonds. The molecule has 3 rings (SSSR count). The molecule has 2 N–H and O–H groups in total. The van der Waals surface area contributed by atoms with Gasteiger partial charge >= 0.3 is 0 Å². The van der Waals surface area contributed by atoms with Crippen molar-refractivity contribution in [3.63, 3.8) is 0 Å². The van der Waals surface area contributed by atoms with Crippen LogP contribution in [0.2, 0.25) is 0 Å². The van der Waals surface area contributed by atoms with Gasteiger partial charge in [-0.15, -0.1) is 0 Å². The van der Waals surface area contributed by atoms with E-state index in [0.717, 1.165) is 23.3 Å². The molecule has 2 aromatic carbocycles. The standard InChI is InChI=1S/C18H16F2N4OS/c1-11-2-4-12(5-3-11)17-22-23-18(26)24(17)9-8-16(25)21-13-6-7-14(19)15(20)10-13/h2-7,10H,8-9H2,1H3,(H,21,25)(H,23,26). The topological polar surface area (TPSA) is 62.7 Å². The third kappa shape index (κ3) is 4.02. The summed E-state index contributed by atoms with van der Waals surface area (Å²) in [6, 6.07) is 11.0. The molecule has 1 heterocycles. The molecule has 1 aromatic heterocycles. The largest absolute Gasteiger partial charge is 0.326 e. The van der Waals surface area contributed by atoms with Crippen LogP contribution in [-0.4, -0.2) is 20.7 Å². The fraction of sp³-hybridized carbons (Fsp3) is 0.167. The fourth-order valence-corrected chi connectivity index (χ4v) is 2.68. The van der Waals surface area contributed by atoms with E-state index in [1.165, 1.54) is 6.07 Å². The molecular formula is C18H16F2N4OS. The number of hydrogen-bond acceptors (Lipinski definition) is 3. The Kier molecular flexibility index (Phi) is 5.22. The van der Waals surface area contributed by atoms with Crippen molar-refractivity contribution in [3.8, 4) is 11.4 Å². The summed E-state index contributed by atoms with van der Waals surface area (Å²) in [5.41, 5.74) is 2.20. The van der Waals surface area contributed by atoms with E-state index < -0.39 is 11.6 Å². The van der Waals surface area contributed by atoms with Gasteiger partial charge in [0.25, 0.3) is 0 Å². The fourth-order valence-electron chi connectivity index (χ4n) is 2.46. The lowest BCUT2D eigenvalue weighted by molar-refractivity contribution is -0.116. The van der Waals surface area contributed by atoms with Crippen LogP contribution in [0.15, 0.2) is 42.5 Å².